The molecule has 1 aliphatic heterocycles. The molecule has 3 aromatic rings. The molecule has 0 aliphatic carbocycles. The Morgan fingerprint density at radius 3 is 2.94 bits per heavy atom. The van der Waals surface area contributed by atoms with E-state index in [9.17, 15) is 14.0 Å². The molecule has 1 fully saturated rings. The van der Waals surface area contributed by atoms with Crippen molar-refractivity contribution in [2.75, 3.05) is 13.2 Å². The normalized spacial score (nSPS) is 16.0. The second-order valence-electron chi connectivity index (χ2n) is 7.69. The van der Waals surface area contributed by atoms with Gasteiger partial charge in [0.15, 0.2) is 0 Å². The van der Waals surface area contributed by atoms with E-state index in [-0.39, 0.29) is 36.4 Å². The van der Waals surface area contributed by atoms with Crippen molar-refractivity contribution >= 4 is 32.7 Å². The van der Waals surface area contributed by atoms with E-state index in [2.05, 4.69) is 20.9 Å². The van der Waals surface area contributed by atoms with Crippen LogP contribution >= 0.6 is 15.9 Å². The average Bonchev–Trinajstić information content (AvgIpc) is 3.26. The summed E-state index contributed by atoms with van der Waals surface area (Å²) in [7, 11) is 0. The molecule has 31 heavy (non-hydrogen) atoms. The maximum absolute atomic E-state index is 13.6. The minimum Gasteiger partial charge on any atom is -0.376 e. The van der Waals surface area contributed by atoms with Crippen LogP contribution in [-0.4, -0.2) is 39.6 Å². The Bertz CT molecular complexity index is 1140. The molecule has 0 N–H and O–H groups in total. The molecule has 6 nitrogen and oxygen atoms in total. The molecule has 0 radical (unpaired) electrons. The van der Waals surface area contributed by atoms with Crippen molar-refractivity contribution in [1.29, 1.82) is 0 Å². The first-order valence-electron chi connectivity index (χ1n) is 10.3. The molecule has 1 unspecified atom stereocenters. The van der Waals surface area contributed by atoms with E-state index in [0.717, 1.165) is 22.9 Å². The smallest absolute Gasteiger partial charge is 0.261 e. The highest BCUT2D eigenvalue weighted by atomic mass is 79.9. The third-order valence-corrected chi connectivity index (χ3v) is 5.91. The van der Waals surface area contributed by atoms with Gasteiger partial charge in [0.25, 0.3) is 5.56 Å². The maximum atomic E-state index is 13.6. The van der Waals surface area contributed by atoms with Gasteiger partial charge in [-0.05, 0) is 48.7 Å². The van der Waals surface area contributed by atoms with Crippen LogP contribution in [0.5, 0.6) is 0 Å². The van der Waals surface area contributed by atoms with Crippen molar-refractivity contribution in [3.8, 4) is 0 Å². The molecule has 2 aromatic carbocycles. The molecule has 0 saturated carbocycles. The lowest BCUT2D eigenvalue weighted by Crippen LogP contribution is -2.37. The molecule has 1 aliphatic rings. The molecule has 1 saturated heterocycles. The third-order valence-electron chi connectivity index (χ3n) is 5.42. The van der Waals surface area contributed by atoms with E-state index in [4.69, 9.17) is 4.74 Å². The van der Waals surface area contributed by atoms with E-state index in [1.807, 2.05) is 6.07 Å². The zero-order valence-corrected chi connectivity index (χ0v) is 18.6. The third kappa shape index (κ3) is 5.37. The standard InChI is InChI=1S/C23H23BrFN3O3/c24-17-6-7-21-20(12-17)23(30)27(15-26-21)9-8-22(29)28(14-19-5-2-10-31-19)13-16-3-1-4-18(25)11-16/h1,3-4,6-7,11-12,15,19H,2,5,8-10,13-14H2. The van der Waals surface area contributed by atoms with Crippen LogP contribution in [0.1, 0.15) is 24.8 Å². The number of aryl methyl sites for hydroxylation is 1. The monoisotopic (exact) mass is 487 g/mol. The van der Waals surface area contributed by atoms with E-state index < -0.39 is 0 Å². The number of carbonyl (C=O) groups excluding carboxylic acids is 1. The summed E-state index contributed by atoms with van der Waals surface area (Å²) in [5.41, 5.74) is 1.15. The molecular formula is C23H23BrFN3O3. The first-order valence-corrected chi connectivity index (χ1v) is 11.1. The number of hydrogen-bond donors (Lipinski definition) is 0. The van der Waals surface area contributed by atoms with Gasteiger partial charge in [0.05, 0.1) is 23.3 Å². The van der Waals surface area contributed by atoms with Crippen LogP contribution in [0.3, 0.4) is 0 Å². The lowest BCUT2D eigenvalue weighted by atomic mass is 10.1. The zero-order valence-electron chi connectivity index (χ0n) is 17.0. The van der Waals surface area contributed by atoms with Gasteiger partial charge >= 0.3 is 0 Å². The number of benzene rings is 2. The van der Waals surface area contributed by atoms with Gasteiger partial charge in [0.2, 0.25) is 5.91 Å². The lowest BCUT2D eigenvalue weighted by Gasteiger charge is -2.26. The van der Waals surface area contributed by atoms with E-state index in [0.29, 0.717) is 30.6 Å². The number of aromatic nitrogens is 2. The Hall–Kier alpha value is -2.58. The lowest BCUT2D eigenvalue weighted by molar-refractivity contribution is -0.133. The first kappa shape index (κ1) is 21.6. The molecule has 2 heterocycles. The van der Waals surface area contributed by atoms with Crippen LogP contribution in [0.25, 0.3) is 10.9 Å². The number of halogens is 2. The molecule has 1 atom stereocenters. The molecule has 162 valence electrons. The second kappa shape index (κ2) is 9.70. The van der Waals surface area contributed by atoms with Gasteiger partial charge < -0.3 is 9.64 Å². The number of carbonyl (C=O) groups is 1. The van der Waals surface area contributed by atoms with Crippen molar-refractivity contribution in [3.05, 3.63) is 75.0 Å². The first-order chi connectivity index (χ1) is 15.0. The van der Waals surface area contributed by atoms with E-state index in [1.165, 1.54) is 23.0 Å². The molecule has 0 spiro atoms. The second-order valence-corrected chi connectivity index (χ2v) is 8.61. The highest BCUT2D eigenvalue weighted by Gasteiger charge is 2.23. The average molecular weight is 488 g/mol. The largest absolute Gasteiger partial charge is 0.376 e. The van der Waals surface area contributed by atoms with Gasteiger partial charge in [-0.2, -0.15) is 0 Å². The fraction of sp³-hybridized carbons (Fsp3) is 0.348. The van der Waals surface area contributed by atoms with Gasteiger partial charge in [-0.25, -0.2) is 9.37 Å². The van der Waals surface area contributed by atoms with Crippen molar-refractivity contribution in [3.63, 3.8) is 0 Å². The molecule has 8 heteroatoms. The summed E-state index contributed by atoms with van der Waals surface area (Å²) in [5, 5.41) is 0.500. The molecule has 1 aromatic heterocycles. The van der Waals surface area contributed by atoms with Crippen molar-refractivity contribution in [2.45, 2.75) is 38.5 Å². The highest BCUT2D eigenvalue weighted by molar-refractivity contribution is 9.10. The minimum atomic E-state index is -0.332. The SMILES string of the molecule is O=C(CCn1cnc2ccc(Br)cc2c1=O)N(Cc1cccc(F)c1)CC1CCCO1. The fourth-order valence-electron chi connectivity index (χ4n) is 3.81. The number of nitrogens with zero attached hydrogens (tertiary/aromatic N) is 3. The quantitative estimate of drug-likeness (QED) is 0.506. The van der Waals surface area contributed by atoms with Crippen LogP contribution in [0.15, 0.2) is 58.1 Å². The minimum absolute atomic E-state index is 0.0140. The fourth-order valence-corrected chi connectivity index (χ4v) is 4.17. The van der Waals surface area contributed by atoms with Crippen molar-refractivity contribution in [2.24, 2.45) is 0 Å². The predicted octanol–water partition coefficient (Wildman–Crippen LogP) is 3.90. The molecule has 1 amide bonds. The number of hydrogen-bond acceptors (Lipinski definition) is 4. The Labute approximate surface area is 187 Å². The van der Waals surface area contributed by atoms with E-state index in [1.54, 1.807) is 29.2 Å². The molecule has 4 rings (SSSR count). The van der Waals surface area contributed by atoms with Crippen LogP contribution in [0.2, 0.25) is 0 Å². The Morgan fingerprint density at radius 2 is 2.16 bits per heavy atom. The summed E-state index contributed by atoms with van der Waals surface area (Å²) in [6, 6.07) is 11.6. The van der Waals surface area contributed by atoms with Gasteiger partial charge in [-0.3, -0.25) is 14.2 Å². The highest BCUT2D eigenvalue weighted by Crippen LogP contribution is 2.17. The maximum Gasteiger partial charge on any atom is 0.261 e. The number of rotatable bonds is 7. The Kier molecular flexibility index (Phi) is 6.77. The summed E-state index contributed by atoms with van der Waals surface area (Å²) < 4.78 is 21.6. The van der Waals surface area contributed by atoms with Crippen molar-refractivity contribution < 1.29 is 13.9 Å². The van der Waals surface area contributed by atoms with Gasteiger partial charge in [-0.15, -0.1) is 0 Å². The molecule has 0 bridgehead atoms. The summed E-state index contributed by atoms with van der Waals surface area (Å²) in [6.45, 7) is 1.67. The van der Waals surface area contributed by atoms with Crippen molar-refractivity contribution in [1.82, 2.24) is 14.5 Å². The zero-order chi connectivity index (χ0) is 21.8. The number of amides is 1. The van der Waals surface area contributed by atoms with Crippen LogP contribution in [0.4, 0.5) is 4.39 Å². The van der Waals surface area contributed by atoms with Crippen LogP contribution in [0, 0.1) is 5.82 Å². The topological polar surface area (TPSA) is 64.4 Å². The Balaban J connectivity index is 1.49. The Morgan fingerprint density at radius 1 is 1.29 bits per heavy atom. The number of fused-ring (bicyclic) bond motifs is 1. The molecular weight excluding hydrogens is 465 g/mol. The summed E-state index contributed by atoms with van der Waals surface area (Å²) in [5.74, 6) is -0.442. The van der Waals surface area contributed by atoms with Crippen LogP contribution < -0.4 is 5.56 Å². The van der Waals surface area contributed by atoms with E-state index >= 15 is 0 Å². The summed E-state index contributed by atoms with van der Waals surface area (Å²) >= 11 is 3.38. The predicted molar refractivity (Wildman–Crippen MR) is 119 cm³/mol. The summed E-state index contributed by atoms with van der Waals surface area (Å²) in [6.07, 6.45) is 3.47. The number of ether oxygens (including phenoxy) is 1. The van der Waals surface area contributed by atoms with Gasteiger partial charge in [0, 0.05) is 37.1 Å². The van der Waals surface area contributed by atoms with Gasteiger partial charge in [-0.1, -0.05) is 28.1 Å². The van der Waals surface area contributed by atoms with Gasteiger partial charge in [0.1, 0.15) is 5.82 Å². The van der Waals surface area contributed by atoms with Crippen LogP contribution in [-0.2, 0) is 22.6 Å². The summed E-state index contributed by atoms with van der Waals surface area (Å²) in [4.78, 5) is 31.9.